The Hall–Kier alpha value is -2.90. The van der Waals surface area contributed by atoms with E-state index >= 15 is 0 Å². The Balaban J connectivity index is 2.24. The molecule has 1 unspecified atom stereocenters. The zero-order valence-electron chi connectivity index (χ0n) is 23.0. The lowest BCUT2D eigenvalue weighted by Gasteiger charge is -2.40. The maximum absolute atomic E-state index is 14.8. The molecule has 3 rings (SSSR count). The van der Waals surface area contributed by atoms with Crippen molar-refractivity contribution >= 4 is 20.4 Å². The second kappa shape index (κ2) is 14.0. The molecule has 3 aromatic rings. The highest BCUT2D eigenvalue weighted by Gasteiger charge is 2.66. The summed E-state index contributed by atoms with van der Waals surface area (Å²) in [4.78, 5) is 0.141. The fraction of sp³-hybridized carbons (Fsp3) is 0.379. The highest BCUT2D eigenvalue weighted by molar-refractivity contribution is 8.33. The standard InChI is InChI=1S/C29H32F6O5S2/c1-3-5-20-38-22-12-16-25(17-13-22)41(24-10-8-7-9-11-24,26-18-14-23(15-19-26)39-21-6-4-2)40-42(36,37)29(34,35)27(30)28(31,32)33/h7-19,27H,3-6,20-21H2,1-2H3. The van der Waals surface area contributed by atoms with E-state index in [2.05, 4.69) is 0 Å². The SMILES string of the molecule is CCCCOc1ccc(S(OS(=O)(=O)C(F)(F)C(F)C(F)(F)F)(c2ccccc2)c2ccc(OCCCC)cc2)cc1. The predicted octanol–water partition coefficient (Wildman–Crippen LogP) is 9.08. The van der Waals surface area contributed by atoms with Crippen LogP contribution in [0.3, 0.4) is 0 Å². The highest BCUT2D eigenvalue weighted by atomic mass is 32.3. The molecule has 0 amide bonds. The molecule has 0 aliphatic rings. The minimum Gasteiger partial charge on any atom is -0.494 e. The molecule has 0 heterocycles. The summed E-state index contributed by atoms with van der Waals surface area (Å²) in [6, 6.07) is 18.8. The summed E-state index contributed by atoms with van der Waals surface area (Å²) in [5.74, 6) is 0.782. The van der Waals surface area contributed by atoms with Crippen LogP contribution in [0.4, 0.5) is 26.3 Å². The molecule has 0 bridgehead atoms. The Labute approximate surface area is 243 Å². The second-order valence-electron chi connectivity index (χ2n) is 9.20. The van der Waals surface area contributed by atoms with Crippen LogP contribution in [0.2, 0.25) is 0 Å². The van der Waals surface area contributed by atoms with Crippen LogP contribution in [0.15, 0.2) is 93.5 Å². The van der Waals surface area contributed by atoms with Crippen LogP contribution >= 0.6 is 10.3 Å². The molecule has 0 N–H and O–H groups in total. The summed E-state index contributed by atoms with van der Waals surface area (Å²) in [5.41, 5.74) is 0. The van der Waals surface area contributed by atoms with Crippen molar-refractivity contribution in [2.45, 2.75) is 71.8 Å². The Morgan fingerprint density at radius 1 is 0.667 bits per heavy atom. The zero-order chi connectivity index (χ0) is 31.0. The molecule has 0 aliphatic carbocycles. The van der Waals surface area contributed by atoms with Crippen molar-refractivity contribution in [1.29, 1.82) is 0 Å². The lowest BCUT2D eigenvalue weighted by molar-refractivity contribution is -0.222. The van der Waals surface area contributed by atoms with Gasteiger partial charge in [0.05, 0.1) is 13.2 Å². The first-order valence-corrected chi connectivity index (χ1v) is 16.1. The van der Waals surface area contributed by atoms with E-state index in [1.165, 1.54) is 72.8 Å². The molecular formula is C29H32F6O5S2. The third-order valence-corrected chi connectivity index (χ3v) is 11.2. The van der Waals surface area contributed by atoms with Crippen molar-refractivity contribution in [2.75, 3.05) is 13.2 Å². The average Bonchev–Trinajstić information content (AvgIpc) is 2.96. The lowest BCUT2D eigenvalue weighted by atomic mass is 10.3. The molecule has 1 atom stereocenters. The van der Waals surface area contributed by atoms with Gasteiger partial charge in [-0.2, -0.15) is 30.4 Å². The van der Waals surface area contributed by atoms with Crippen molar-refractivity contribution in [1.82, 2.24) is 0 Å². The van der Waals surface area contributed by atoms with Gasteiger partial charge in [-0.1, -0.05) is 44.9 Å². The van der Waals surface area contributed by atoms with Gasteiger partial charge in [0.15, 0.2) is 0 Å². The van der Waals surface area contributed by atoms with Gasteiger partial charge in [0, 0.05) is 14.7 Å². The molecule has 0 saturated carbocycles. The number of hydrogen-bond donors (Lipinski definition) is 0. The number of unbranched alkanes of at least 4 members (excludes halogenated alkanes) is 2. The average molecular weight is 639 g/mol. The van der Waals surface area contributed by atoms with Gasteiger partial charge >= 0.3 is 21.5 Å². The number of hydrogen-bond acceptors (Lipinski definition) is 5. The molecule has 42 heavy (non-hydrogen) atoms. The van der Waals surface area contributed by atoms with Crippen LogP contribution in [0.25, 0.3) is 0 Å². The minimum absolute atomic E-state index is 0.0398. The molecule has 3 aromatic carbocycles. The Kier molecular flexibility index (Phi) is 11.2. The van der Waals surface area contributed by atoms with Gasteiger partial charge in [-0.05, 0) is 83.8 Å². The largest absolute Gasteiger partial charge is 0.494 e. The topological polar surface area (TPSA) is 61.8 Å². The second-order valence-corrected chi connectivity index (χ2v) is 13.7. The van der Waals surface area contributed by atoms with E-state index in [1.54, 1.807) is 6.07 Å². The summed E-state index contributed by atoms with van der Waals surface area (Å²) in [7, 11) is -10.3. The van der Waals surface area contributed by atoms with Crippen LogP contribution in [-0.4, -0.2) is 39.2 Å². The van der Waals surface area contributed by atoms with E-state index in [0.717, 1.165) is 25.7 Å². The molecule has 0 fully saturated rings. The quantitative estimate of drug-likeness (QED) is 0.123. The number of ether oxygens (including phenoxy) is 2. The van der Waals surface area contributed by atoms with E-state index in [-0.39, 0.29) is 14.7 Å². The maximum atomic E-state index is 14.8. The zero-order valence-corrected chi connectivity index (χ0v) is 24.6. The van der Waals surface area contributed by atoms with Crippen molar-refractivity contribution in [2.24, 2.45) is 0 Å². The number of alkyl halides is 6. The smallest absolute Gasteiger partial charge is 0.426 e. The van der Waals surface area contributed by atoms with Crippen LogP contribution in [0.1, 0.15) is 39.5 Å². The third-order valence-electron chi connectivity index (χ3n) is 6.03. The van der Waals surface area contributed by atoms with E-state index in [4.69, 9.17) is 13.1 Å². The summed E-state index contributed by atoms with van der Waals surface area (Å²) < 4.78 is 125. The van der Waals surface area contributed by atoms with Gasteiger partial charge < -0.3 is 9.47 Å². The van der Waals surface area contributed by atoms with Gasteiger partial charge in [0.2, 0.25) is 0 Å². The van der Waals surface area contributed by atoms with Crippen molar-refractivity contribution in [3.05, 3.63) is 78.9 Å². The molecular weight excluding hydrogens is 606 g/mol. The summed E-state index contributed by atoms with van der Waals surface area (Å²) >= 11 is 0. The summed E-state index contributed by atoms with van der Waals surface area (Å²) in [6.07, 6.45) is -7.94. The monoisotopic (exact) mass is 638 g/mol. The number of rotatable bonds is 15. The molecule has 0 radical (unpaired) electrons. The van der Waals surface area contributed by atoms with Crippen LogP contribution in [0.5, 0.6) is 11.5 Å². The van der Waals surface area contributed by atoms with E-state index in [0.29, 0.717) is 24.7 Å². The fourth-order valence-electron chi connectivity index (χ4n) is 3.76. The molecule has 5 nitrogen and oxygen atoms in total. The van der Waals surface area contributed by atoms with Gasteiger partial charge in [-0.25, -0.2) is 8.02 Å². The first-order chi connectivity index (χ1) is 19.8. The van der Waals surface area contributed by atoms with Crippen LogP contribution < -0.4 is 9.47 Å². The van der Waals surface area contributed by atoms with Crippen molar-refractivity contribution < 1.29 is 47.9 Å². The Bertz CT molecular complexity index is 1310. The third kappa shape index (κ3) is 7.54. The number of halogens is 6. The Morgan fingerprint density at radius 3 is 1.45 bits per heavy atom. The van der Waals surface area contributed by atoms with E-state index < -0.39 is 38.0 Å². The first-order valence-electron chi connectivity index (χ1n) is 13.2. The molecule has 232 valence electrons. The van der Waals surface area contributed by atoms with E-state index in [1.807, 2.05) is 13.8 Å². The fourth-order valence-corrected chi connectivity index (χ4v) is 8.92. The van der Waals surface area contributed by atoms with Gasteiger partial charge in [0.25, 0.3) is 6.17 Å². The summed E-state index contributed by atoms with van der Waals surface area (Å²) in [5, 5.41) is -5.95. The minimum atomic E-state index is -6.55. The lowest BCUT2D eigenvalue weighted by Crippen LogP contribution is -2.48. The molecule has 0 aliphatic heterocycles. The van der Waals surface area contributed by atoms with Crippen LogP contribution in [0, 0.1) is 0 Å². The van der Waals surface area contributed by atoms with E-state index in [9.17, 15) is 34.8 Å². The van der Waals surface area contributed by atoms with Crippen LogP contribution in [-0.2, 0) is 13.7 Å². The van der Waals surface area contributed by atoms with Gasteiger partial charge in [-0.3, -0.25) is 0 Å². The molecule has 13 heteroatoms. The first kappa shape index (κ1) is 33.6. The van der Waals surface area contributed by atoms with Gasteiger partial charge in [0.1, 0.15) is 11.5 Å². The highest BCUT2D eigenvalue weighted by Crippen LogP contribution is 2.71. The van der Waals surface area contributed by atoms with Crippen molar-refractivity contribution in [3.63, 3.8) is 0 Å². The molecule has 0 aromatic heterocycles. The maximum Gasteiger partial charge on any atom is 0.426 e. The normalized spacial score (nSPS) is 13.9. The van der Waals surface area contributed by atoms with Crippen molar-refractivity contribution in [3.8, 4) is 11.5 Å². The molecule has 0 spiro atoms. The Morgan fingerprint density at radius 2 is 1.07 bits per heavy atom. The van der Waals surface area contributed by atoms with Gasteiger partial charge in [-0.15, -0.1) is 0 Å². The predicted molar refractivity (Wildman–Crippen MR) is 148 cm³/mol. The number of benzene rings is 3. The molecule has 0 saturated heterocycles. The summed E-state index contributed by atoms with van der Waals surface area (Å²) in [6.45, 7) is 4.72.